The highest BCUT2D eigenvalue weighted by Crippen LogP contribution is 2.31. The summed E-state index contributed by atoms with van der Waals surface area (Å²) in [5.41, 5.74) is 2.21. The Morgan fingerprint density at radius 1 is 0.545 bits per heavy atom. The molecule has 106 valence electrons. The second kappa shape index (κ2) is 5.19. The van der Waals surface area contributed by atoms with Gasteiger partial charge in [-0.25, -0.2) is 0 Å². The van der Waals surface area contributed by atoms with Crippen molar-refractivity contribution in [1.82, 2.24) is 0 Å². The molecule has 0 amide bonds. The molecule has 0 aliphatic carbocycles. The van der Waals surface area contributed by atoms with Crippen LogP contribution in [0.5, 0.6) is 5.75 Å². The molecule has 0 atom stereocenters. The van der Waals surface area contributed by atoms with Gasteiger partial charge >= 0.3 is 0 Å². The van der Waals surface area contributed by atoms with E-state index in [0.717, 1.165) is 22.8 Å². The second-order valence-corrected chi connectivity index (χ2v) is 5.61. The highest BCUT2D eigenvalue weighted by atomic mass is 16.3. The normalized spacial score (nSPS) is 11.1. The minimum absolute atomic E-state index is 0.394. The van der Waals surface area contributed by atoms with Crippen molar-refractivity contribution in [2.24, 2.45) is 0 Å². The summed E-state index contributed by atoms with van der Waals surface area (Å²) in [7, 11) is 0. The van der Waals surface area contributed by atoms with E-state index in [1.807, 2.05) is 30.3 Å². The first-order valence-electron chi connectivity index (χ1n) is 7.49. The van der Waals surface area contributed by atoms with Crippen LogP contribution in [0.15, 0.2) is 78.9 Å². The molecule has 0 unspecified atom stereocenters. The molecule has 1 nitrogen and oxygen atoms in total. The number of phenols is 1. The fraction of sp³-hybridized carbons (Fsp3) is 0.0476. The van der Waals surface area contributed by atoms with Gasteiger partial charge in [0, 0.05) is 11.8 Å². The Morgan fingerprint density at radius 2 is 1.18 bits per heavy atom. The van der Waals surface area contributed by atoms with E-state index in [0.29, 0.717) is 5.75 Å². The molecule has 0 spiro atoms. The summed E-state index contributed by atoms with van der Waals surface area (Å²) in [6.45, 7) is 0. The zero-order valence-corrected chi connectivity index (χ0v) is 12.2. The molecule has 0 radical (unpaired) electrons. The maximum absolute atomic E-state index is 10.6. The number of benzene rings is 4. The van der Waals surface area contributed by atoms with Crippen molar-refractivity contribution >= 4 is 21.5 Å². The largest absolute Gasteiger partial charge is 0.507 e. The third kappa shape index (κ3) is 2.11. The fourth-order valence-electron chi connectivity index (χ4n) is 3.09. The highest BCUT2D eigenvalue weighted by Gasteiger charge is 2.08. The summed E-state index contributed by atoms with van der Waals surface area (Å²) in [4.78, 5) is 0. The minimum atomic E-state index is 0.394. The minimum Gasteiger partial charge on any atom is -0.507 e. The maximum Gasteiger partial charge on any atom is 0.126 e. The summed E-state index contributed by atoms with van der Waals surface area (Å²) >= 11 is 0. The Hall–Kier alpha value is -2.80. The van der Waals surface area contributed by atoms with Crippen LogP contribution in [0.3, 0.4) is 0 Å². The number of phenolic OH excluding ortho intramolecular Hbond substituents is 1. The van der Waals surface area contributed by atoms with Gasteiger partial charge in [0.15, 0.2) is 0 Å². The lowest BCUT2D eigenvalue weighted by atomic mass is 9.96. The molecule has 22 heavy (non-hydrogen) atoms. The zero-order chi connectivity index (χ0) is 14.9. The molecule has 0 aliphatic rings. The van der Waals surface area contributed by atoms with Crippen LogP contribution in [0.25, 0.3) is 21.5 Å². The van der Waals surface area contributed by atoms with Gasteiger partial charge in [0.2, 0.25) is 0 Å². The van der Waals surface area contributed by atoms with Crippen LogP contribution in [0.4, 0.5) is 0 Å². The molecule has 0 fully saturated rings. The quantitative estimate of drug-likeness (QED) is 0.530. The second-order valence-electron chi connectivity index (χ2n) is 5.61. The average molecular weight is 284 g/mol. The van der Waals surface area contributed by atoms with Crippen LogP contribution in [0.2, 0.25) is 0 Å². The Morgan fingerprint density at radius 3 is 2.00 bits per heavy atom. The molecular weight excluding hydrogens is 268 g/mol. The molecule has 0 aliphatic heterocycles. The van der Waals surface area contributed by atoms with Crippen molar-refractivity contribution in [3.05, 3.63) is 90.0 Å². The van der Waals surface area contributed by atoms with Crippen molar-refractivity contribution in [3.8, 4) is 5.75 Å². The van der Waals surface area contributed by atoms with Crippen LogP contribution in [0.1, 0.15) is 11.1 Å². The Labute approximate surface area is 129 Å². The topological polar surface area (TPSA) is 20.2 Å². The molecule has 1 heteroatoms. The van der Waals surface area contributed by atoms with E-state index in [9.17, 15) is 5.11 Å². The standard InChI is InChI=1S/C21H16O/c22-21-18(13-12-16-7-2-4-11-20(16)21)14-17-9-5-8-15-6-1-3-10-19(15)17/h1-13,22H,14H2. The van der Waals surface area contributed by atoms with E-state index >= 15 is 0 Å². The number of rotatable bonds is 2. The van der Waals surface area contributed by atoms with Crippen molar-refractivity contribution in [2.45, 2.75) is 6.42 Å². The van der Waals surface area contributed by atoms with E-state index in [4.69, 9.17) is 0 Å². The highest BCUT2D eigenvalue weighted by molar-refractivity contribution is 5.90. The lowest BCUT2D eigenvalue weighted by Crippen LogP contribution is -1.91. The van der Waals surface area contributed by atoms with E-state index in [2.05, 4.69) is 48.5 Å². The predicted octanol–water partition coefficient (Wildman–Crippen LogP) is 5.29. The summed E-state index contributed by atoms with van der Waals surface area (Å²) in [5.74, 6) is 0.394. The SMILES string of the molecule is Oc1c(Cc2cccc3ccccc23)ccc2ccccc12. The lowest BCUT2D eigenvalue weighted by molar-refractivity contribution is 0.476. The molecular formula is C21H16O. The smallest absolute Gasteiger partial charge is 0.126 e. The van der Waals surface area contributed by atoms with Crippen molar-refractivity contribution in [1.29, 1.82) is 0 Å². The van der Waals surface area contributed by atoms with Crippen LogP contribution in [0, 0.1) is 0 Å². The van der Waals surface area contributed by atoms with Crippen LogP contribution in [-0.4, -0.2) is 5.11 Å². The van der Waals surface area contributed by atoms with Crippen molar-refractivity contribution < 1.29 is 5.11 Å². The Bertz CT molecular complexity index is 964. The van der Waals surface area contributed by atoms with Crippen molar-refractivity contribution in [2.75, 3.05) is 0 Å². The number of hydrogen-bond donors (Lipinski definition) is 1. The van der Waals surface area contributed by atoms with Gasteiger partial charge in [-0.3, -0.25) is 0 Å². The van der Waals surface area contributed by atoms with Gasteiger partial charge in [0.1, 0.15) is 5.75 Å². The summed E-state index contributed by atoms with van der Waals surface area (Å²) in [6.07, 6.45) is 0.734. The van der Waals surface area contributed by atoms with Crippen LogP contribution in [-0.2, 0) is 6.42 Å². The van der Waals surface area contributed by atoms with E-state index in [-0.39, 0.29) is 0 Å². The molecule has 0 aromatic heterocycles. The first-order valence-corrected chi connectivity index (χ1v) is 7.49. The van der Waals surface area contributed by atoms with Gasteiger partial charge in [-0.05, 0) is 27.3 Å². The van der Waals surface area contributed by atoms with Crippen LogP contribution < -0.4 is 0 Å². The average Bonchev–Trinajstić information content (AvgIpc) is 2.58. The van der Waals surface area contributed by atoms with Gasteiger partial charge in [0.05, 0.1) is 0 Å². The Kier molecular flexibility index (Phi) is 3.05. The van der Waals surface area contributed by atoms with Gasteiger partial charge in [-0.1, -0.05) is 78.9 Å². The molecule has 4 aromatic carbocycles. The monoisotopic (exact) mass is 284 g/mol. The Balaban J connectivity index is 1.84. The fourth-order valence-corrected chi connectivity index (χ4v) is 3.09. The number of fused-ring (bicyclic) bond motifs is 2. The summed E-state index contributed by atoms with van der Waals surface area (Å²) in [6, 6.07) is 26.8. The van der Waals surface area contributed by atoms with E-state index in [1.54, 1.807) is 0 Å². The molecule has 1 N–H and O–H groups in total. The molecule has 0 saturated carbocycles. The van der Waals surface area contributed by atoms with E-state index in [1.165, 1.54) is 16.3 Å². The third-order valence-corrected chi connectivity index (χ3v) is 4.24. The van der Waals surface area contributed by atoms with Gasteiger partial charge in [-0.2, -0.15) is 0 Å². The van der Waals surface area contributed by atoms with Crippen molar-refractivity contribution in [3.63, 3.8) is 0 Å². The van der Waals surface area contributed by atoms with Crippen LogP contribution >= 0.6 is 0 Å². The lowest BCUT2D eigenvalue weighted by Gasteiger charge is -2.10. The first-order chi connectivity index (χ1) is 10.8. The molecule has 4 aromatic rings. The van der Waals surface area contributed by atoms with Gasteiger partial charge in [-0.15, -0.1) is 0 Å². The zero-order valence-electron chi connectivity index (χ0n) is 12.2. The summed E-state index contributed by atoms with van der Waals surface area (Å²) < 4.78 is 0. The molecule has 0 saturated heterocycles. The first kappa shape index (κ1) is 12.9. The molecule has 0 bridgehead atoms. The predicted molar refractivity (Wildman–Crippen MR) is 92.4 cm³/mol. The maximum atomic E-state index is 10.6. The molecule has 0 heterocycles. The van der Waals surface area contributed by atoms with Gasteiger partial charge < -0.3 is 5.11 Å². The van der Waals surface area contributed by atoms with Gasteiger partial charge in [0.25, 0.3) is 0 Å². The third-order valence-electron chi connectivity index (χ3n) is 4.24. The summed E-state index contributed by atoms with van der Waals surface area (Å²) in [5, 5.41) is 15.1. The van der Waals surface area contributed by atoms with E-state index < -0.39 is 0 Å². The number of hydrogen-bond acceptors (Lipinski definition) is 1. The number of aromatic hydroxyl groups is 1. The molecule has 4 rings (SSSR count).